The van der Waals surface area contributed by atoms with Crippen LogP contribution < -0.4 is 5.32 Å². The van der Waals surface area contributed by atoms with Crippen LogP contribution in [-0.2, 0) is 0 Å². The predicted molar refractivity (Wildman–Crippen MR) is 134 cm³/mol. The summed E-state index contributed by atoms with van der Waals surface area (Å²) in [7, 11) is 0. The molecule has 0 aromatic heterocycles. The fraction of sp³-hybridized carbons (Fsp3) is 0.259. The number of amides is 3. The van der Waals surface area contributed by atoms with Crippen LogP contribution >= 0.6 is 11.8 Å². The molecule has 1 heterocycles. The van der Waals surface area contributed by atoms with E-state index < -0.39 is 0 Å². The monoisotopic (exact) mass is 459 g/mol. The zero-order valence-electron chi connectivity index (χ0n) is 19.1. The third-order valence-corrected chi connectivity index (χ3v) is 6.91. The molecule has 0 bridgehead atoms. The quantitative estimate of drug-likeness (QED) is 0.534. The number of benzene rings is 3. The predicted octanol–water partition coefficient (Wildman–Crippen LogP) is 5.83. The Hall–Kier alpha value is -3.25. The fourth-order valence-corrected chi connectivity index (χ4v) is 4.73. The number of urea groups is 1. The molecule has 33 heavy (non-hydrogen) atoms. The number of hydrogen-bond donors (Lipinski definition) is 1. The highest BCUT2D eigenvalue weighted by Crippen LogP contribution is 2.30. The van der Waals surface area contributed by atoms with Crippen molar-refractivity contribution in [3.63, 3.8) is 0 Å². The molecule has 3 aromatic rings. The van der Waals surface area contributed by atoms with Gasteiger partial charge >= 0.3 is 6.03 Å². The number of hydrogen-bond acceptors (Lipinski definition) is 3. The first-order chi connectivity index (χ1) is 16.0. The van der Waals surface area contributed by atoms with Crippen molar-refractivity contribution in [1.82, 2.24) is 9.80 Å². The van der Waals surface area contributed by atoms with E-state index in [2.05, 4.69) is 37.4 Å². The first-order valence-corrected chi connectivity index (χ1v) is 12.1. The van der Waals surface area contributed by atoms with E-state index in [1.807, 2.05) is 59.5 Å². The van der Waals surface area contributed by atoms with Gasteiger partial charge in [-0.1, -0.05) is 36.0 Å². The van der Waals surface area contributed by atoms with Crippen molar-refractivity contribution in [3.8, 4) is 0 Å². The second-order valence-corrected chi connectivity index (χ2v) is 9.45. The van der Waals surface area contributed by atoms with Crippen LogP contribution in [0.4, 0.5) is 10.5 Å². The molecule has 6 heteroatoms. The van der Waals surface area contributed by atoms with Gasteiger partial charge in [-0.3, -0.25) is 4.79 Å². The molecule has 0 spiro atoms. The highest BCUT2D eigenvalue weighted by molar-refractivity contribution is 7.99. The Morgan fingerprint density at radius 1 is 0.758 bits per heavy atom. The van der Waals surface area contributed by atoms with Gasteiger partial charge in [0.1, 0.15) is 0 Å². The van der Waals surface area contributed by atoms with E-state index in [-0.39, 0.29) is 11.9 Å². The Balaban J connectivity index is 1.31. The number of nitrogens with zero attached hydrogens (tertiary/aromatic N) is 2. The van der Waals surface area contributed by atoms with Gasteiger partial charge in [-0.2, -0.15) is 0 Å². The summed E-state index contributed by atoms with van der Waals surface area (Å²) >= 11 is 1.71. The average molecular weight is 460 g/mol. The molecule has 0 unspecified atom stereocenters. The van der Waals surface area contributed by atoms with Crippen molar-refractivity contribution in [3.05, 3.63) is 89.5 Å². The van der Waals surface area contributed by atoms with Crippen LogP contribution in [-0.4, -0.2) is 47.9 Å². The average Bonchev–Trinajstić information content (AvgIpc) is 3.09. The minimum absolute atomic E-state index is 0.0229. The molecule has 5 nitrogen and oxygen atoms in total. The topological polar surface area (TPSA) is 52.7 Å². The number of anilines is 1. The third kappa shape index (κ3) is 5.96. The van der Waals surface area contributed by atoms with Crippen LogP contribution in [0.5, 0.6) is 0 Å². The maximum Gasteiger partial charge on any atom is 0.321 e. The Bertz CT molecular complexity index is 1120. The lowest BCUT2D eigenvalue weighted by Crippen LogP contribution is -2.39. The van der Waals surface area contributed by atoms with Gasteiger partial charge in [-0.05, 0) is 79.9 Å². The van der Waals surface area contributed by atoms with Crippen LogP contribution in [0, 0.1) is 13.8 Å². The second-order valence-electron chi connectivity index (χ2n) is 8.30. The summed E-state index contributed by atoms with van der Waals surface area (Å²) in [5.41, 5.74) is 4.03. The zero-order valence-corrected chi connectivity index (χ0v) is 19.9. The van der Waals surface area contributed by atoms with Crippen LogP contribution in [0.25, 0.3) is 0 Å². The molecule has 0 aliphatic carbocycles. The lowest BCUT2D eigenvalue weighted by molar-refractivity contribution is 0.0762. The summed E-state index contributed by atoms with van der Waals surface area (Å²) in [5.74, 6) is 0.0229. The molecule has 1 fully saturated rings. The van der Waals surface area contributed by atoms with Crippen molar-refractivity contribution < 1.29 is 9.59 Å². The van der Waals surface area contributed by atoms with Gasteiger partial charge in [-0.15, -0.1) is 0 Å². The summed E-state index contributed by atoms with van der Waals surface area (Å²) in [4.78, 5) is 31.5. The molecule has 4 rings (SSSR count). The minimum Gasteiger partial charge on any atom is -0.337 e. The molecule has 0 radical (unpaired) electrons. The van der Waals surface area contributed by atoms with Crippen molar-refractivity contribution in [2.24, 2.45) is 0 Å². The van der Waals surface area contributed by atoms with E-state index >= 15 is 0 Å². The number of nitrogens with one attached hydrogen (secondary N) is 1. The van der Waals surface area contributed by atoms with Crippen molar-refractivity contribution in [2.45, 2.75) is 30.1 Å². The highest BCUT2D eigenvalue weighted by Gasteiger charge is 2.22. The van der Waals surface area contributed by atoms with Gasteiger partial charge in [-0.25, -0.2) is 4.79 Å². The Morgan fingerprint density at radius 2 is 1.42 bits per heavy atom. The third-order valence-electron chi connectivity index (χ3n) is 5.91. The summed E-state index contributed by atoms with van der Waals surface area (Å²) in [6, 6.07) is 23.6. The summed E-state index contributed by atoms with van der Waals surface area (Å²) in [6.07, 6.45) is 0.761. The standard InChI is InChI=1S/C27H29N3O2S/c1-20-9-12-25(19-21(20)2)33-24-13-10-23(11-14-24)28-27(32)30-16-6-15-29(17-18-30)26(31)22-7-4-3-5-8-22/h3-5,7-14,19H,6,15-18H2,1-2H3,(H,28,32). The minimum atomic E-state index is -0.126. The lowest BCUT2D eigenvalue weighted by atomic mass is 10.1. The van der Waals surface area contributed by atoms with Gasteiger partial charge in [0.2, 0.25) is 0 Å². The zero-order chi connectivity index (χ0) is 23.2. The van der Waals surface area contributed by atoms with Crippen LogP contribution in [0.15, 0.2) is 82.6 Å². The smallest absolute Gasteiger partial charge is 0.321 e. The molecule has 1 aliphatic rings. The van der Waals surface area contributed by atoms with Crippen LogP contribution in [0.1, 0.15) is 27.9 Å². The number of aryl methyl sites for hydroxylation is 2. The molecule has 0 saturated carbocycles. The van der Waals surface area contributed by atoms with Crippen LogP contribution in [0.3, 0.4) is 0 Å². The van der Waals surface area contributed by atoms with Gasteiger partial charge < -0.3 is 15.1 Å². The molecule has 3 amide bonds. The van der Waals surface area contributed by atoms with Gasteiger partial charge in [0.15, 0.2) is 0 Å². The Morgan fingerprint density at radius 3 is 2.15 bits per heavy atom. The first-order valence-electron chi connectivity index (χ1n) is 11.2. The Labute approximate surface area is 199 Å². The van der Waals surface area contributed by atoms with E-state index in [0.29, 0.717) is 31.7 Å². The van der Waals surface area contributed by atoms with Gasteiger partial charge in [0, 0.05) is 47.2 Å². The van der Waals surface area contributed by atoms with E-state index in [9.17, 15) is 9.59 Å². The molecular formula is C27H29N3O2S. The van der Waals surface area contributed by atoms with Crippen molar-refractivity contribution in [2.75, 3.05) is 31.5 Å². The summed E-state index contributed by atoms with van der Waals surface area (Å²) in [5, 5.41) is 3.00. The van der Waals surface area contributed by atoms with Gasteiger partial charge in [0.25, 0.3) is 5.91 Å². The van der Waals surface area contributed by atoms with Crippen LogP contribution in [0.2, 0.25) is 0 Å². The van der Waals surface area contributed by atoms with Crippen molar-refractivity contribution >= 4 is 29.4 Å². The van der Waals surface area contributed by atoms with Crippen molar-refractivity contribution in [1.29, 1.82) is 0 Å². The number of carbonyl (C=O) groups excluding carboxylic acids is 2. The normalized spacial score (nSPS) is 14.0. The molecule has 1 saturated heterocycles. The van der Waals surface area contributed by atoms with E-state index in [1.165, 1.54) is 16.0 Å². The Kier molecular flexibility index (Phi) is 7.35. The largest absolute Gasteiger partial charge is 0.337 e. The molecule has 1 N–H and O–H groups in total. The van der Waals surface area contributed by atoms with E-state index in [4.69, 9.17) is 0 Å². The van der Waals surface area contributed by atoms with E-state index in [0.717, 1.165) is 17.0 Å². The first kappa shape index (κ1) is 22.9. The fourth-order valence-electron chi connectivity index (χ4n) is 3.81. The molecule has 0 atom stereocenters. The maximum absolute atomic E-state index is 12.8. The maximum atomic E-state index is 12.8. The number of rotatable bonds is 4. The summed E-state index contributed by atoms with van der Waals surface area (Å²) < 4.78 is 0. The molecule has 170 valence electrons. The SMILES string of the molecule is Cc1ccc(Sc2ccc(NC(=O)N3CCCN(C(=O)c4ccccc4)CC3)cc2)cc1C. The second kappa shape index (κ2) is 10.6. The molecular weight excluding hydrogens is 430 g/mol. The summed E-state index contributed by atoms with van der Waals surface area (Å²) in [6.45, 7) is 6.58. The molecule has 3 aromatic carbocycles. The van der Waals surface area contributed by atoms with E-state index in [1.54, 1.807) is 16.7 Å². The highest BCUT2D eigenvalue weighted by atomic mass is 32.2. The number of carbonyl (C=O) groups is 2. The lowest BCUT2D eigenvalue weighted by Gasteiger charge is -2.22. The molecule has 1 aliphatic heterocycles. The van der Waals surface area contributed by atoms with Gasteiger partial charge in [0.05, 0.1) is 0 Å².